The van der Waals surface area contributed by atoms with Gasteiger partial charge in [0.1, 0.15) is 11.9 Å². The number of nitrogens with zero attached hydrogens (tertiary/aromatic N) is 2. The Morgan fingerprint density at radius 3 is 2.89 bits per heavy atom. The number of aromatic nitrogens is 1. The van der Waals surface area contributed by atoms with Crippen molar-refractivity contribution in [2.75, 3.05) is 18.5 Å². The zero-order valence-corrected chi connectivity index (χ0v) is 11.0. The predicted molar refractivity (Wildman–Crippen MR) is 75.1 cm³/mol. The van der Waals surface area contributed by atoms with E-state index in [0.29, 0.717) is 16.9 Å². The molecule has 0 saturated carbocycles. The van der Waals surface area contributed by atoms with E-state index in [2.05, 4.69) is 16.9 Å². The average molecular weight is 263 g/mol. The molecule has 0 aliphatic rings. The summed E-state index contributed by atoms with van der Waals surface area (Å²) in [4.78, 5) is 14.6. The highest BCUT2D eigenvalue weighted by molar-refractivity contribution is 5.82. The van der Waals surface area contributed by atoms with Gasteiger partial charge in [-0.15, -0.1) is 0 Å². The van der Waals surface area contributed by atoms with Crippen LogP contribution in [0, 0.1) is 17.0 Å². The second-order valence-corrected chi connectivity index (χ2v) is 3.97. The number of pyridine rings is 1. The van der Waals surface area contributed by atoms with E-state index in [0.717, 1.165) is 5.57 Å². The molecule has 0 radical (unpaired) electrons. The smallest absolute Gasteiger partial charge is 0.311 e. The number of aliphatic hydroxyl groups is 1. The number of allylic oxidation sites excluding steroid dienone is 3. The summed E-state index contributed by atoms with van der Waals surface area (Å²) in [5, 5.41) is 22.8. The normalized spacial score (nSPS) is 11.2. The van der Waals surface area contributed by atoms with Gasteiger partial charge in [-0.3, -0.25) is 15.1 Å². The summed E-state index contributed by atoms with van der Waals surface area (Å²) in [5.74, 6) is 0. The zero-order chi connectivity index (χ0) is 14.4. The number of nitro groups is 1. The molecule has 0 aliphatic heterocycles. The van der Waals surface area contributed by atoms with Crippen molar-refractivity contribution in [3.05, 3.63) is 46.3 Å². The molecular weight excluding hydrogens is 246 g/mol. The van der Waals surface area contributed by atoms with Crippen molar-refractivity contribution in [2.24, 2.45) is 0 Å². The van der Waals surface area contributed by atoms with E-state index in [1.807, 2.05) is 6.92 Å². The Morgan fingerprint density at radius 1 is 1.68 bits per heavy atom. The van der Waals surface area contributed by atoms with Crippen LogP contribution in [0.15, 0.2) is 24.9 Å². The first-order valence-electron chi connectivity index (χ1n) is 5.81. The van der Waals surface area contributed by atoms with Gasteiger partial charge in [-0.05, 0) is 19.4 Å². The van der Waals surface area contributed by atoms with Crippen LogP contribution in [0.1, 0.15) is 18.2 Å². The molecule has 102 valence electrons. The van der Waals surface area contributed by atoms with Crippen molar-refractivity contribution >= 4 is 16.9 Å². The Balaban J connectivity index is 3.47. The second-order valence-electron chi connectivity index (χ2n) is 3.97. The molecule has 0 bridgehead atoms. The number of hydrogen-bond acceptors (Lipinski definition) is 5. The van der Waals surface area contributed by atoms with Gasteiger partial charge in [0, 0.05) is 17.8 Å². The molecule has 19 heavy (non-hydrogen) atoms. The Hall–Kier alpha value is -2.21. The topological polar surface area (TPSA) is 88.3 Å². The van der Waals surface area contributed by atoms with Crippen molar-refractivity contribution in [3.8, 4) is 0 Å². The lowest BCUT2D eigenvalue weighted by Crippen LogP contribution is -2.11. The fourth-order valence-corrected chi connectivity index (χ4v) is 1.84. The van der Waals surface area contributed by atoms with Gasteiger partial charge in [-0.25, -0.2) is 0 Å². The standard InChI is InChI=1S/C13H17N3O3/c1-4-5-9(2)12-10(3)15-8-11(16(18)19)13(12)14-6-7-17/h4-5,8,17H,1,6-7H2,2-3H3,(H,14,15)/b9-5-. The lowest BCUT2D eigenvalue weighted by atomic mass is 10.0. The summed E-state index contributed by atoms with van der Waals surface area (Å²) in [6.45, 7) is 7.35. The van der Waals surface area contributed by atoms with Crippen molar-refractivity contribution in [2.45, 2.75) is 13.8 Å². The third-order valence-electron chi connectivity index (χ3n) is 2.62. The summed E-state index contributed by atoms with van der Waals surface area (Å²) < 4.78 is 0. The minimum absolute atomic E-state index is 0.106. The molecule has 0 fully saturated rings. The maximum absolute atomic E-state index is 11.1. The summed E-state index contributed by atoms with van der Waals surface area (Å²) >= 11 is 0. The van der Waals surface area contributed by atoms with Gasteiger partial charge in [-0.2, -0.15) is 0 Å². The maximum atomic E-state index is 11.1. The third-order valence-corrected chi connectivity index (χ3v) is 2.62. The molecule has 6 nitrogen and oxygen atoms in total. The minimum atomic E-state index is -0.489. The fraction of sp³-hybridized carbons (Fsp3) is 0.308. The first-order chi connectivity index (χ1) is 9.02. The van der Waals surface area contributed by atoms with Gasteiger partial charge >= 0.3 is 5.69 Å². The molecule has 0 aliphatic carbocycles. The quantitative estimate of drug-likeness (QED) is 0.467. The van der Waals surface area contributed by atoms with Crippen LogP contribution in [0.2, 0.25) is 0 Å². The summed E-state index contributed by atoms with van der Waals surface area (Å²) in [6, 6.07) is 0. The van der Waals surface area contributed by atoms with Crippen LogP contribution in [-0.4, -0.2) is 28.2 Å². The van der Waals surface area contributed by atoms with Gasteiger partial charge in [0.05, 0.1) is 11.5 Å². The number of aryl methyl sites for hydroxylation is 1. The Kier molecular flexibility index (Phi) is 5.20. The molecule has 2 N–H and O–H groups in total. The highest BCUT2D eigenvalue weighted by atomic mass is 16.6. The van der Waals surface area contributed by atoms with Gasteiger partial charge in [0.15, 0.2) is 0 Å². The van der Waals surface area contributed by atoms with Crippen molar-refractivity contribution in [3.63, 3.8) is 0 Å². The monoisotopic (exact) mass is 263 g/mol. The van der Waals surface area contributed by atoms with E-state index in [1.54, 1.807) is 19.1 Å². The molecule has 1 aromatic heterocycles. The van der Waals surface area contributed by atoms with Crippen LogP contribution in [-0.2, 0) is 0 Å². The Morgan fingerprint density at radius 2 is 2.37 bits per heavy atom. The van der Waals surface area contributed by atoms with E-state index in [-0.39, 0.29) is 18.8 Å². The molecular formula is C13H17N3O3. The van der Waals surface area contributed by atoms with E-state index in [4.69, 9.17) is 5.11 Å². The number of aliphatic hydroxyl groups excluding tert-OH is 1. The molecule has 0 atom stereocenters. The number of anilines is 1. The van der Waals surface area contributed by atoms with E-state index in [1.165, 1.54) is 6.20 Å². The van der Waals surface area contributed by atoms with E-state index >= 15 is 0 Å². The molecule has 0 amide bonds. The van der Waals surface area contributed by atoms with Gasteiger partial charge in [0.25, 0.3) is 0 Å². The van der Waals surface area contributed by atoms with Crippen LogP contribution < -0.4 is 5.32 Å². The van der Waals surface area contributed by atoms with Gasteiger partial charge in [0.2, 0.25) is 0 Å². The molecule has 1 aromatic rings. The molecule has 0 saturated heterocycles. The number of rotatable bonds is 6. The van der Waals surface area contributed by atoms with Crippen LogP contribution in [0.4, 0.5) is 11.4 Å². The first kappa shape index (κ1) is 14.8. The van der Waals surface area contributed by atoms with Crippen LogP contribution in [0.3, 0.4) is 0 Å². The minimum Gasteiger partial charge on any atom is -0.395 e. The highest BCUT2D eigenvalue weighted by Gasteiger charge is 2.21. The Bertz CT molecular complexity index is 524. The average Bonchev–Trinajstić information content (AvgIpc) is 2.35. The van der Waals surface area contributed by atoms with Crippen molar-refractivity contribution in [1.29, 1.82) is 0 Å². The number of hydrogen-bond donors (Lipinski definition) is 2. The zero-order valence-electron chi connectivity index (χ0n) is 11.0. The van der Waals surface area contributed by atoms with Crippen LogP contribution in [0.25, 0.3) is 5.57 Å². The largest absolute Gasteiger partial charge is 0.395 e. The number of nitrogens with one attached hydrogen (secondary N) is 1. The summed E-state index contributed by atoms with van der Waals surface area (Å²) in [6.07, 6.45) is 4.60. The van der Waals surface area contributed by atoms with E-state index in [9.17, 15) is 10.1 Å². The molecule has 0 spiro atoms. The predicted octanol–water partition coefficient (Wildman–Crippen LogP) is 2.29. The van der Waals surface area contributed by atoms with Crippen LogP contribution in [0.5, 0.6) is 0 Å². The van der Waals surface area contributed by atoms with Crippen molar-refractivity contribution in [1.82, 2.24) is 4.98 Å². The van der Waals surface area contributed by atoms with Gasteiger partial charge < -0.3 is 10.4 Å². The molecule has 0 unspecified atom stereocenters. The molecule has 1 heterocycles. The lowest BCUT2D eigenvalue weighted by molar-refractivity contribution is -0.384. The second kappa shape index (κ2) is 6.65. The highest BCUT2D eigenvalue weighted by Crippen LogP contribution is 2.33. The third kappa shape index (κ3) is 3.38. The fourth-order valence-electron chi connectivity index (χ4n) is 1.84. The molecule has 0 aromatic carbocycles. The SMILES string of the molecule is C=C/C=C(/C)c1c(C)ncc([N+](=O)[O-])c1NCCO. The van der Waals surface area contributed by atoms with Gasteiger partial charge in [-0.1, -0.05) is 18.7 Å². The van der Waals surface area contributed by atoms with Crippen LogP contribution >= 0.6 is 0 Å². The molecule has 1 rings (SSSR count). The maximum Gasteiger partial charge on any atom is 0.311 e. The summed E-state index contributed by atoms with van der Waals surface area (Å²) in [7, 11) is 0. The van der Waals surface area contributed by atoms with Crippen molar-refractivity contribution < 1.29 is 10.0 Å². The first-order valence-corrected chi connectivity index (χ1v) is 5.81. The van der Waals surface area contributed by atoms with E-state index < -0.39 is 4.92 Å². The lowest BCUT2D eigenvalue weighted by Gasteiger charge is -2.14. The Labute approximate surface area is 111 Å². The molecule has 6 heteroatoms. The summed E-state index contributed by atoms with van der Waals surface area (Å²) in [5.41, 5.74) is 2.45.